The van der Waals surface area contributed by atoms with Gasteiger partial charge in [0.15, 0.2) is 0 Å². The van der Waals surface area contributed by atoms with Crippen molar-refractivity contribution in [2.75, 3.05) is 0 Å². The van der Waals surface area contributed by atoms with Crippen LogP contribution >= 0.6 is 27.3 Å². The second-order valence-corrected chi connectivity index (χ2v) is 17.6. The number of halogens is 1. The molecule has 1 aromatic rings. The summed E-state index contributed by atoms with van der Waals surface area (Å²) in [4.78, 5) is 6.07. The Hall–Kier alpha value is 0.681. The van der Waals surface area contributed by atoms with E-state index in [9.17, 15) is 0 Å². The van der Waals surface area contributed by atoms with Gasteiger partial charge in [0.25, 0.3) is 0 Å². The Labute approximate surface area is 137 Å². The smallest absolute Gasteiger partial charge is 0.471 e. The van der Waals surface area contributed by atoms with Crippen LogP contribution in [0.15, 0.2) is 20.6 Å². The molecular formula is C11H20BrLiN2SSi2. The molecule has 0 fully saturated rings. The van der Waals surface area contributed by atoms with Crippen molar-refractivity contribution in [2.24, 2.45) is 4.66 Å². The van der Waals surface area contributed by atoms with Gasteiger partial charge in [0.2, 0.25) is 0 Å². The Bertz CT molecular complexity index is 421. The minimum atomic E-state index is -1.49. The molecule has 2 nitrogen and oxygen atoms in total. The molecular weight excluding hydrogens is 335 g/mol. The molecule has 0 bridgehead atoms. The molecule has 7 heteroatoms. The first-order chi connectivity index (χ1) is 7.57. The zero-order valence-electron chi connectivity index (χ0n) is 12.3. The van der Waals surface area contributed by atoms with Gasteiger partial charge in [0.1, 0.15) is 0 Å². The van der Waals surface area contributed by atoms with E-state index in [-0.39, 0.29) is 18.9 Å². The number of thiophene rings is 1. The van der Waals surface area contributed by atoms with Gasteiger partial charge in [-0.15, -0.1) is 11.3 Å². The van der Waals surface area contributed by atoms with E-state index in [1.54, 1.807) is 11.3 Å². The quantitative estimate of drug-likeness (QED) is 0.452. The molecule has 96 valence electrons. The Balaban J connectivity index is 0.00000289. The number of hydrogen-bond donors (Lipinski definition) is 0. The van der Waals surface area contributed by atoms with Crippen molar-refractivity contribution in [1.29, 1.82) is 0 Å². The SMILES string of the molecule is C[Si](C)(C)/N=C(\[N-][Si](C)(C)C)c1ccc(Br)s1.[Li+]. The number of hydrogen-bond acceptors (Lipinski definition) is 2. The molecule has 1 rings (SSSR count). The van der Waals surface area contributed by atoms with E-state index in [2.05, 4.69) is 67.3 Å². The van der Waals surface area contributed by atoms with Crippen molar-refractivity contribution < 1.29 is 18.9 Å². The fraction of sp³-hybridized carbons (Fsp3) is 0.545. The predicted molar refractivity (Wildman–Crippen MR) is 88.6 cm³/mol. The van der Waals surface area contributed by atoms with Crippen LogP contribution in [-0.4, -0.2) is 22.3 Å². The molecule has 0 atom stereocenters. The fourth-order valence-electron chi connectivity index (χ4n) is 1.21. The van der Waals surface area contributed by atoms with Crippen LogP contribution in [0.2, 0.25) is 39.3 Å². The molecule has 0 N–H and O–H groups in total. The van der Waals surface area contributed by atoms with E-state index in [0.29, 0.717) is 0 Å². The van der Waals surface area contributed by atoms with Crippen molar-refractivity contribution in [3.8, 4) is 0 Å². The van der Waals surface area contributed by atoms with Crippen LogP contribution in [0.25, 0.3) is 4.98 Å². The molecule has 0 aliphatic carbocycles. The van der Waals surface area contributed by atoms with Crippen LogP contribution in [0.3, 0.4) is 0 Å². The molecule has 0 aromatic carbocycles. The first-order valence-corrected chi connectivity index (χ1v) is 14.2. The van der Waals surface area contributed by atoms with Gasteiger partial charge in [-0.2, -0.15) is 0 Å². The molecule has 0 radical (unpaired) electrons. The maximum atomic E-state index is 4.89. The van der Waals surface area contributed by atoms with Crippen molar-refractivity contribution >= 4 is 49.6 Å². The summed E-state index contributed by atoms with van der Waals surface area (Å²) < 4.78 is 6.03. The summed E-state index contributed by atoms with van der Waals surface area (Å²) in [6.45, 7) is 13.5. The topological polar surface area (TPSA) is 26.5 Å². The van der Waals surface area contributed by atoms with E-state index in [4.69, 9.17) is 9.64 Å². The van der Waals surface area contributed by atoms with Gasteiger partial charge in [0.05, 0.1) is 3.79 Å². The van der Waals surface area contributed by atoms with E-state index in [1.807, 2.05) is 0 Å². The standard InChI is InChI=1S/C11H20BrN2SSi2.Li/c1-16(2,3)13-11(14-17(4,5)6)9-7-8-10(12)15-9;/h7-8H,1-6H3;/q-1;+1. The third-order valence-corrected chi connectivity index (χ3v) is 5.06. The predicted octanol–water partition coefficient (Wildman–Crippen LogP) is 2.30. The Morgan fingerprint density at radius 2 is 1.72 bits per heavy atom. The Morgan fingerprint density at radius 3 is 2.06 bits per heavy atom. The molecule has 0 amide bonds. The summed E-state index contributed by atoms with van der Waals surface area (Å²) >= 11 is 5.22. The Morgan fingerprint density at radius 1 is 1.17 bits per heavy atom. The van der Waals surface area contributed by atoms with Crippen molar-refractivity contribution in [3.63, 3.8) is 0 Å². The van der Waals surface area contributed by atoms with E-state index in [0.717, 1.165) is 9.62 Å². The van der Waals surface area contributed by atoms with E-state index < -0.39 is 16.5 Å². The summed E-state index contributed by atoms with van der Waals surface area (Å²) in [5, 5.41) is 0. The minimum Gasteiger partial charge on any atom is -0.471 e. The van der Waals surface area contributed by atoms with Gasteiger partial charge in [-0.05, 0) is 28.1 Å². The van der Waals surface area contributed by atoms with Crippen molar-refractivity contribution in [3.05, 3.63) is 25.8 Å². The van der Waals surface area contributed by atoms with Crippen LogP contribution in [0.5, 0.6) is 0 Å². The van der Waals surface area contributed by atoms with Gasteiger partial charge in [-0.3, -0.25) is 0 Å². The summed E-state index contributed by atoms with van der Waals surface area (Å²) in [7, 11) is -2.97. The van der Waals surface area contributed by atoms with Crippen LogP contribution in [0, 0.1) is 0 Å². The van der Waals surface area contributed by atoms with Gasteiger partial charge in [0, 0.05) is 21.3 Å². The largest absolute Gasteiger partial charge is 1.00 e. The van der Waals surface area contributed by atoms with Crippen molar-refractivity contribution in [1.82, 2.24) is 0 Å². The minimum absolute atomic E-state index is 0. The summed E-state index contributed by atoms with van der Waals surface area (Å²) in [5.41, 5.74) is 0. The van der Waals surface area contributed by atoms with Crippen LogP contribution in [0.1, 0.15) is 4.88 Å². The molecule has 0 saturated carbocycles. The molecule has 18 heavy (non-hydrogen) atoms. The number of amidine groups is 1. The maximum Gasteiger partial charge on any atom is 1.00 e. The van der Waals surface area contributed by atoms with Gasteiger partial charge >= 0.3 is 18.9 Å². The maximum absolute atomic E-state index is 4.89. The average Bonchev–Trinajstić information content (AvgIpc) is 2.45. The molecule has 0 spiro atoms. The summed E-state index contributed by atoms with van der Waals surface area (Å²) in [6, 6.07) is 4.18. The zero-order valence-corrected chi connectivity index (χ0v) is 16.7. The number of nitrogens with zero attached hydrogens (tertiary/aromatic N) is 2. The molecule has 0 aliphatic rings. The molecule has 0 unspecified atom stereocenters. The Kier molecular flexibility index (Phi) is 7.17. The first kappa shape index (κ1) is 18.7. The second kappa shape index (κ2) is 6.91. The molecule has 0 aliphatic heterocycles. The van der Waals surface area contributed by atoms with E-state index in [1.165, 1.54) is 4.88 Å². The molecule has 1 aromatic heterocycles. The monoisotopic (exact) mass is 354 g/mol. The normalized spacial score (nSPS) is 13.2. The number of rotatable bonds is 3. The van der Waals surface area contributed by atoms with Crippen LogP contribution < -0.4 is 18.9 Å². The van der Waals surface area contributed by atoms with Gasteiger partial charge in [-0.25, -0.2) is 0 Å². The second-order valence-electron chi connectivity index (χ2n) is 5.99. The van der Waals surface area contributed by atoms with E-state index >= 15 is 0 Å². The third kappa shape index (κ3) is 7.31. The summed E-state index contributed by atoms with van der Waals surface area (Å²) in [5.74, 6) is 0.971. The van der Waals surface area contributed by atoms with Crippen LogP contribution in [0.4, 0.5) is 0 Å². The fourth-order valence-corrected chi connectivity index (χ4v) is 4.40. The summed E-state index contributed by atoms with van der Waals surface area (Å²) in [6.07, 6.45) is 0. The average molecular weight is 355 g/mol. The van der Waals surface area contributed by atoms with Gasteiger partial charge in [-0.1, -0.05) is 45.1 Å². The van der Waals surface area contributed by atoms with Gasteiger partial charge < -0.3 is 9.64 Å². The third-order valence-electron chi connectivity index (χ3n) is 1.68. The van der Waals surface area contributed by atoms with Crippen LogP contribution in [-0.2, 0) is 0 Å². The van der Waals surface area contributed by atoms with Crippen molar-refractivity contribution in [2.45, 2.75) is 39.3 Å². The molecule has 1 heterocycles. The zero-order chi connectivity index (χ0) is 13.3. The molecule has 0 saturated heterocycles. The first-order valence-electron chi connectivity index (χ1n) is 5.65.